The van der Waals surface area contributed by atoms with Crippen LogP contribution in [0, 0.1) is 11.8 Å². The summed E-state index contributed by atoms with van der Waals surface area (Å²) in [4.78, 5) is 13.9. The summed E-state index contributed by atoms with van der Waals surface area (Å²) >= 11 is 0. The van der Waals surface area contributed by atoms with Crippen LogP contribution in [0.2, 0.25) is 0 Å². The Balaban J connectivity index is 2.42. The van der Waals surface area contributed by atoms with E-state index in [9.17, 15) is 4.79 Å². The number of aliphatic hydroxyl groups excluding tert-OH is 1. The highest BCUT2D eigenvalue weighted by molar-refractivity contribution is 5.78. The summed E-state index contributed by atoms with van der Waals surface area (Å²) in [5.41, 5.74) is 0. The lowest BCUT2D eigenvalue weighted by atomic mass is 9.92. The van der Waals surface area contributed by atoms with Crippen molar-refractivity contribution in [2.75, 3.05) is 19.7 Å². The fourth-order valence-electron chi connectivity index (χ4n) is 1.92. The minimum Gasteiger partial charge on any atom is -0.396 e. The molecule has 3 nitrogen and oxygen atoms in total. The first-order valence-electron chi connectivity index (χ1n) is 5.56. The zero-order chi connectivity index (χ0) is 10.6. The van der Waals surface area contributed by atoms with Crippen LogP contribution in [0.25, 0.3) is 0 Å². The Bertz CT molecular complexity index is 188. The van der Waals surface area contributed by atoms with E-state index < -0.39 is 0 Å². The summed E-state index contributed by atoms with van der Waals surface area (Å²) < 4.78 is 0. The Morgan fingerprint density at radius 2 is 1.93 bits per heavy atom. The van der Waals surface area contributed by atoms with Crippen molar-refractivity contribution in [2.24, 2.45) is 11.8 Å². The van der Waals surface area contributed by atoms with Gasteiger partial charge in [0.15, 0.2) is 0 Å². The molecule has 2 atom stereocenters. The first-order chi connectivity index (χ1) is 6.66. The van der Waals surface area contributed by atoms with Gasteiger partial charge in [-0.3, -0.25) is 4.79 Å². The van der Waals surface area contributed by atoms with Crippen molar-refractivity contribution in [1.29, 1.82) is 0 Å². The minimum absolute atomic E-state index is 0.0558. The van der Waals surface area contributed by atoms with Crippen LogP contribution in [0.5, 0.6) is 0 Å². The first kappa shape index (κ1) is 11.5. The maximum atomic E-state index is 11.9. The normalized spacial score (nSPS) is 20.9. The highest BCUT2D eigenvalue weighted by Gasteiger charge is 2.26. The summed E-state index contributed by atoms with van der Waals surface area (Å²) in [6, 6.07) is 0. The zero-order valence-corrected chi connectivity index (χ0v) is 9.20. The predicted octanol–water partition coefficient (Wildman–Crippen LogP) is 1.26. The molecule has 1 aliphatic heterocycles. The third-order valence-electron chi connectivity index (χ3n) is 3.25. The highest BCUT2D eigenvalue weighted by Crippen LogP contribution is 2.19. The average Bonchev–Trinajstić information content (AvgIpc) is 2.68. The second-order valence-corrected chi connectivity index (χ2v) is 4.31. The van der Waals surface area contributed by atoms with Crippen LogP contribution >= 0.6 is 0 Å². The largest absolute Gasteiger partial charge is 0.396 e. The van der Waals surface area contributed by atoms with Gasteiger partial charge in [-0.15, -0.1) is 0 Å². The van der Waals surface area contributed by atoms with Crippen molar-refractivity contribution in [2.45, 2.75) is 33.1 Å². The zero-order valence-electron chi connectivity index (χ0n) is 9.20. The van der Waals surface area contributed by atoms with E-state index in [0.29, 0.717) is 0 Å². The molecule has 1 N–H and O–H groups in total. The van der Waals surface area contributed by atoms with Crippen LogP contribution in [0.3, 0.4) is 0 Å². The van der Waals surface area contributed by atoms with Gasteiger partial charge in [-0.1, -0.05) is 13.8 Å². The van der Waals surface area contributed by atoms with Crippen LogP contribution in [0.15, 0.2) is 0 Å². The van der Waals surface area contributed by atoms with E-state index in [1.807, 2.05) is 18.7 Å². The molecule has 14 heavy (non-hydrogen) atoms. The van der Waals surface area contributed by atoms with Gasteiger partial charge in [0, 0.05) is 25.6 Å². The number of rotatable bonds is 4. The summed E-state index contributed by atoms with van der Waals surface area (Å²) in [6.45, 7) is 6.04. The molecule has 0 aromatic rings. The van der Waals surface area contributed by atoms with Gasteiger partial charge in [0.25, 0.3) is 0 Å². The minimum atomic E-state index is 0.0558. The Kier molecular flexibility index (Phi) is 4.39. The summed E-state index contributed by atoms with van der Waals surface area (Å²) in [5, 5.41) is 8.81. The average molecular weight is 199 g/mol. The van der Waals surface area contributed by atoms with Crippen molar-refractivity contribution in [1.82, 2.24) is 4.90 Å². The van der Waals surface area contributed by atoms with Gasteiger partial charge in [0.2, 0.25) is 5.91 Å². The van der Waals surface area contributed by atoms with E-state index in [1.54, 1.807) is 0 Å². The molecule has 0 aromatic heterocycles. The second-order valence-electron chi connectivity index (χ2n) is 4.31. The van der Waals surface area contributed by atoms with Crippen LogP contribution in [0.1, 0.15) is 33.1 Å². The van der Waals surface area contributed by atoms with Gasteiger partial charge < -0.3 is 10.0 Å². The quantitative estimate of drug-likeness (QED) is 0.740. The van der Waals surface area contributed by atoms with E-state index in [-0.39, 0.29) is 24.3 Å². The third-order valence-corrected chi connectivity index (χ3v) is 3.25. The standard InChI is InChI=1S/C11H21NO2/c1-9(5-8-13)10(2)11(14)12-6-3-4-7-12/h9-10,13H,3-8H2,1-2H3/t9-,10+/m0/s1. The lowest BCUT2D eigenvalue weighted by Crippen LogP contribution is -2.35. The molecule has 0 unspecified atom stereocenters. The van der Waals surface area contributed by atoms with Crippen molar-refractivity contribution in [3.63, 3.8) is 0 Å². The summed E-state index contributed by atoms with van der Waals surface area (Å²) in [7, 11) is 0. The van der Waals surface area contributed by atoms with Crippen molar-refractivity contribution in [3.8, 4) is 0 Å². The number of hydrogen-bond acceptors (Lipinski definition) is 2. The lowest BCUT2D eigenvalue weighted by Gasteiger charge is -2.24. The molecule has 82 valence electrons. The Morgan fingerprint density at radius 3 is 2.43 bits per heavy atom. The number of likely N-dealkylation sites (tertiary alicyclic amines) is 1. The molecule has 1 heterocycles. The highest BCUT2D eigenvalue weighted by atomic mass is 16.3. The van der Waals surface area contributed by atoms with E-state index in [4.69, 9.17) is 5.11 Å². The number of carbonyl (C=O) groups excluding carboxylic acids is 1. The topological polar surface area (TPSA) is 40.5 Å². The van der Waals surface area contributed by atoms with Crippen LogP contribution in [-0.4, -0.2) is 35.6 Å². The Hall–Kier alpha value is -0.570. The molecule has 0 saturated carbocycles. The number of hydrogen-bond donors (Lipinski definition) is 1. The molecule has 1 amide bonds. The molecular weight excluding hydrogens is 178 g/mol. The molecular formula is C11H21NO2. The van der Waals surface area contributed by atoms with Crippen molar-refractivity contribution >= 4 is 5.91 Å². The third kappa shape index (κ3) is 2.71. The number of aliphatic hydroxyl groups is 1. The first-order valence-corrected chi connectivity index (χ1v) is 5.56. The monoisotopic (exact) mass is 199 g/mol. The molecule has 1 aliphatic rings. The van der Waals surface area contributed by atoms with E-state index in [1.165, 1.54) is 0 Å². The molecule has 1 fully saturated rings. The van der Waals surface area contributed by atoms with Gasteiger partial charge in [-0.25, -0.2) is 0 Å². The lowest BCUT2D eigenvalue weighted by molar-refractivity contribution is -0.135. The summed E-state index contributed by atoms with van der Waals surface area (Å²) in [6.07, 6.45) is 3.01. The SMILES string of the molecule is C[C@@H](CCO)[C@@H](C)C(=O)N1CCCC1. The second kappa shape index (κ2) is 5.35. The number of nitrogens with zero attached hydrogens (tertiary/aromatic N) is 1. The van der Waals surface area contributed by atoms with Gasteiger partial charge in [-0.2, -0.15) is 0 Å². The fourth-order valence-corrected chi connectivity index (χ4v) is 1.92. The molecule has 3 heteroatoms. The summed E-state index contributed by atoms with van der Waals surface area (Å²) in [5.74, 6) is 0.608. The van der Waals surface area contributed by atoms with Crippen LogP contribution in [-0.2, 0) is 4.79 Å². The van der Waals surface area contributed by atoms with E-state index >= 15 is 0 Å². The molecule has 1 saturated heterocycles. The number of amides is 1. The van der Waals surface area contributed by atoms with Gasteiger partial charge in [-0.05, 0) is 25.2 Å². The smallest absolute Gasteiger partial charge is 0.225 e. The molecule has 0 aliphatic carbocycles. The Morgan fingerprint density at radius 1 is 1.36 bits per heavy atom. The molecule has 1 rings (SSSR count). The van der Waals surface area contributed by atoms with Crippen molar-refractivity contribution < 1.29 is 9.90 Å². The number of carbonyl (C=O) groups is 1. The maximum Gasteiger partial charge on any atom is 0.225 e. The fraction of sp³-hybridized carbons (Fsp3) is 0.909. The van der Waals surface area contributed by atoms with Crippen LogP contribution < -0.4 is 0 Å². The maximum absolute atomic E-state index is 11.9. The van der Waals surface area contributed by atoms with Crippen molar-refractivity contribution in [3.05, 3.63) is 0 Å². The predicted molar refractivity (Wildman–Crippen MR) is 55.8 cm³/mol. The Labute approximate surface area is 86.1 Å². The molecule has 0 spiro atoms. The molecule has 0 bridgehead atoms. The van der Waals surface area contributed by atoms with E-state index in [2.05, 4.69) is 0 Å². The van der Waals surface area contributed by atoms with Gasteiger partial charge in [0.1, 0.15) is 0 Å². The van der Waals surface area contributed by atoms with E-state index in [0.717, 1.165) is 32.4 Å². The molecule has 0 aromatic carbocycles. The van der Waals surface area contributed by atoms with Gasteiger partial charge in [0.05, 0.1) is 0 Å². The van der Waals surface area contributed by atoms with Gasteiger partial charge >= 0.3 is 0 Å². The molecule has 0 radical (unpaired) electrons. The van der Waals surface area contributed by atoms with Crippen LogP contribution in [0.4, 0.5) is 0 Å².